The lowest BCUT2D eigenvalue weighted by molar-refractivity contribution is -0.295. The first-order valence-corrected chi connectivity index (χ1v) is 21.6. The number of esters is 1. The predicted molar refractivity (Wildman–Crippen MR) is 225 cm³/mol. The zero-order valence-corrected chi connectivity index (χ0v) is 37.3. The second-order valence-corrected chi connectivity index (χ2v) is 22.1. The van der Waals surface area contributed by atoms with E-state index in [1.807, 2.05) is 32.9 Å². The van der Waals surface area contributed by atoms with Crippen molar-refractivity contribution in [3.8, 4) is 5.75 Å². The molecule has 2 aromatic carbocycles. The monoisotopic (exact) mass is 784 g/mol. The first kappa shape index (κ1) is 45.4. The van der Waals surface area contributed by atoms with Crippen molar-refractivity contribution in [2.24, 2.45) is 16.2 Å². The van der Waals surface area contributed by atoms with E-state index in [9.17, 15) is 15.0 Å². The van der Waals surface area contributed by atoms with Crippen LogP contribution in [-0.4, -0.2) is 78.4 Å². The van der Waals surface area contributed by atoms with Gasteiger partial charge in [-0.15, -0.1) is 0 Å². The summed E-state index contributed by atoms with van der Waals surface area (Å²) in [6.07, 6.45) is 1.48. The second-order valence-electron chi connectivity index (χ2n) is 20.3. The Bertz CT molecular complexity index is 1680. The van der Waals surface area contributed by atoms with Gasteiger partial charge in [0.15, 0.2) is 12.1 Å². The van der Waals surface area contributed by atoms with Crippen LogP contribution in [0.15, 0.2) is 24.3 Å². The highest BCUT2D eigenvalue weighted by atomic mass is 32.2. The fourth-order valence-corrected chi connectivity index (χ4v) is 10.1. The standard InChI is InChI=1S/C46H72O8S/c1-30-20-33(22-35(32(30)3)41(4,5)6)16-17-37(47)50-24-44(12,13)40-53-28-46(29-55(40)15)26-51-39(52-27-46)43(10,11)25-54-45(14,49)19-18-34-21-31(2)38(48)36(23-34)42(7,8)9/h20-23,39-40,48-49H,15-19,24-29H2,1-14H3. The van der Waals surface area contributed by atoms with Crippen molar-refractivity contribution in [2.45, 2.75) is 151 Å². The van der Waals surface area contributed by atoms with Crippen LogP contribution in [0.5, 0.6) is 5.75 Å². The molecule has 2 aliphatic heterocycles. The van der Waals surface area contributed by atoms with E-state index >= 15 is 0 Å². The number of aliphatic hydroxyl groups is 1. The van der Waals surface area contributed by atoms with Gasteiger partial charge in [0.25, 0.3) is 0 Å². The number of aromatic hydroxyl groups is 1. The molecule has 2 fully saturated rings. The van der Waals surface area contributed by atoms with Gasteiger partial charge in [-0.2, -0.15) is 10.5 Å². The number of ether oxygens (including phenoxy) is 5. The molecule has 2 aromatic rings. The quantitative estimate of drug-likeness (QED) is 0.118. The largest absolute Gasteiger partial charge is 0.507 e. The van der Waals surface area contributed by atoms with Crippen molar-refractivity contribution >= 4 is 22.3 Å². The first-order valence-electron chi connectivity index (χ1n) is 19.9. The average molecular weight is 785 g/mol. The average Bonchev–Trinajstić information content (AvgIpc) is 3.06. The van der Waals surface area contributed by atoms with Gasteiger partial charge in [-0.25, -0.2) is 0 Å². The van der Waals surface area contributed by atoms with E-state index in [1.54, 1.807) is 6.92 Å². The topological polar surface area (TPSA) is 104 Å². The summed E-state index contributed by atoms with van der Waals surface area (Å²) in [5.74, 6) is 4.09. The number of hydrogen-bond donors (Lipinski definition) is 2. The Morgan fingerprint density at radius 1 is 0.800 bits per heavy atom. The van der Waals surface area contributed by atoms with Crippen LogP contribution >= 0.6 is 10.5 Å². The number of hydrogen-bond acceptors (Lipinski definition) is 8. The van der Waals surface area contributed by atoms with Gasteiger partial charge in [-0.05, 0) is 90.3 Å². The van der Waals surface area contributed by atoms with Crippen LogP contribution in [0.2, 0.25) is 0 Å². The van der Waals surface area contributed by atoms with E-state index in [0.717, 1.165) is 28.0 Å². The van der Waals surface area contributed by atoms with E-state index in [0.29, 0.717) is 51.3 Å². The molecule has 0 aromatic heterocycles. The zero-order valence-electron chi connectivity index (χ0n) is 36.5. The van der Waals surface area contributed by atoms with Crippen molar-refractivity contribution in [2.75, 3.05) is 38.8 Å². The second kappa shape index (κ2) is 16.9. The molecule has 1 spiro atoms. The van der Waals surface area contributed by atoms with Crippen LogP contribution in [0.3, 0.4) is 0 Å². The number of phenols is 1. The first-order chi connectivity index (χ1) is 25.1. The van der Waals surface area contributed by atoms with Crippen molar-refractivity contribution in [1.82, 2.24) is 0 Å². The van der Waals surface area contributed by atoms with Gasteiger partial charge in [0.1, 0.15) is 11.2 Å². The van der Waals surface area contributed by atoms with Gasteiger partial charge < -0.3 is 33.9 Å². The summed E-state index contributed by atoms with van der Waals surface area (Å²) >= 11 is 0. The molecule has 2 aliphatic rings. The van der Waals surface area contributed by atoms with Crippen molar-refractivity contribution < 1.29 is 38.7 Å². The molecular formula is C46H72O8S. The summed E-state index contributed by atoms with van der Waals surface area (Å²) < 4.78 is 31.2. The molecule has 4 rings (SSSR count). The number of rotatable bonds is 13. The Morgan fingerprint density at radius 3 is 1.93 bits per heavy atom. The van der Waals surface area contributed by atoms with E-state index in [1.165, 1.54) is 16.7 Å². The van der Waals surface area contributed by atoms with Crippen LogP contribution < -0.4 is 0 Å². The number of carbonyl (C=O) groups is 1. The highest BCUT2D eigenvalue weighted by Gasteiger charge is 2.48. The molecule has 2 N–H and O–H groups in total. The van der Waals surface area contributed by atoms with Crippen molar-refractivity contribution in [3.05, 3.63) is 63.2 Å². The lowest BCUT2D eigenvalue weighted by atomic mass is 9.81. The zero-order chi connectivity index (χ0) is 41.4. The number of benzene rings is 2. The van der Waals surface area contributed by atoms with Gasteiger partial charge in [0, 0.05) is 34.8 Å². The minimum Gasteiger partial charge on any atom is -0.507 e. The molecule has 55 heavy (non-hydrogen) atoms. The molecule has 2 saturated heterocycles. The van der Waals surface area contributed by atoms with E-state index in [4.69, 9.17) is 23.7 Å². The number of phenolic OH excluding ortho intramolecular Hbond substituents is 1. The van der Waals surface area contributed by atoms with Crippen LogP contribution in [-0.2, 0) is 52.2 Å². The fraction of sp³-hybridized carbons (Fsp3) is 0.696. The highest BCUT2D eigenvalue weighted by molar-refractivity contribution is 8.14. The summed E-state index contributed by atoms with van der Waals surface area (Å²) in [4.78, 5) is 12.9. The normalized spacial score (nSPS) is 23.8. The van der Waals surface area contributed by atoms with Crippen molar-refractivity contribution in [3.63, 3.8) is 0 Å². The Kier molecular flexibility index (Phi) is 14.0. The Balaban J connectivity index is 1.24. The fourth-order valence-electron chi connectivity index (χ4n) is 7.69. The third-order valence-corrected chi connectivity index (χ3v) is 13.6. The molecular weight excluding hydrogens is 713 g/mol. The van der Waals surface area contributed by atoms with E-state index in [2.05, 4.69) is 87.2 Å². The summed E-state index contributed by atoms with van der Waals surface area (Å²) in [6, 6.07) is 8.44. The smallest absolute Gasteiger partial charge is 0.306 e. The predicted octanol–water partition coefficient (Wildman–Crippen LogP) is 9.22. The lowest BCUT2D eigenvalue weighted by Gasteiger charge is -2.50. The maximum Gasteiger partial charge on any atom is 0.306 e. The molecule has 0 saturated carbocycles. The summed E-state index contributed by atoms with van der Waals surface area (Å²) in [5.41, 5.74) is 6.28. The molecule has 310 valence electrons. The van der Waals surface area contributed by atoms with Crippen molar-refractivity contribution in [1.29, 1.82) is 0 Å². The maximum atomic E-state index is 12.9. The third-order valence-electron chi connectivity index (χ3n) is 11.3. The van der Waals surface area contributed by atoms with Crippen LogP contribution in [0.1, 0.15) is 128 Å². The molecule has 0 amide bonds. The molecule has 8 nitrogen and oxygen atoms in total. The summed E-state index contributed by atoms with van der Waals surface area (Å²) in [6.45, 7) is 31.0. The Hall–Kier alpha value is -2.27. The van der Waals surface area contributed by atoms with Crippen LogP contribution in [0.25, 0.3) is 0 Å². The lowest BCUT2D eigenvalue weighted by Crippen LogP contribution is -2.55. The minimum absolute atomic E-state index is 0.0416. The molecule has 9 heteroatoms. The van der Waals surface area contributed by atoms with Gasteiger partial charge in [0.05, 0.1) is 33.0 Å². The summed E-state index contributed by atoms with van der Waals surface area (Å²) in [5, 5.41) is 21.8. The SMILES string of the molecule is C=S1CC2(COC(C(C)(C)COC(C)(O)CCc3cc(C)c(O)c(C(C)(C)C)c3)OC2)COC1C(C)(C)COC(=O)CCc1cc(C)c(C)c(C(C)(C)C)c1. The maximum absolute atomic E-state index is 12.9. The number of aryl methyl sites for hydroxylation is 4. The molecule has 2 heterocycles. The van der Waals surface area contributed by atoms with Gasteiger partial charge in [-0.1, -0.05) is 99.4 Å². The highest BCUT2D eigenvalue weighted by Crippen LogP contribution is 2.47. The molecule has 3 unspecified atom stereocenters. The Morgan fingerprint density at radius 2 is 1.35 bits per heavy atom. The molecule has 3 atom stereocenters. The van der Waals surface area contributed by atoms with Gasteiger partial charge in [0.2, 0.25) is 0 Å². The number of carbonyl (C=O) groups excluding carboxylic acids is 1. The van der Waals surface area contributed by atoms with E-state index < -0.39 is 22.9 Å². The molecule has 0 aliphatic carbocycles. The molecule has 0 radical (unpaired) electrons. The van der Waals surface area contributed by atoms with Gasteiger partial charge >= 0.3 is 5.97 Å². The summed E-state index contributed by atoms with van der Waals surface area (Å²) in [7, 11) is -0.369. The van der Waals surface area contributed by atoms with E-state index in [-0.39, 0.29) is 51.3 Å². The molecule has 0 bridgehead atoms. The van der Waals surface area contributed by atoms with Crippen LogP contribution in [0.4, 0.5) is 0 Å². The van der Waals surface area contributed by atoms with Gasteiger partial charge in [-0.3, -0.25) is 4.79 Å². The Labute approximate surface area is 334 Å². The minimum atomic E-state index is -1.35. The van der Waals surface area contributed by atoms with Crippen LogP contribution in [0, 0.1) is 37.0 Å². The third kappa shape index (κ3) is 11.7.